The lowest BCUT2D eigenvalue weighted by Crippen LogP contribution is -2.34. The van der Waals surface area contributed by atoms with Gasteiger partial charge in [-0.15, -0.1) is 0 Å². The van der Waals surface area contributed by atoms with Crippen molar-refractivity contribution >= 4 is 17.5 Å². The van der Waals surface area contributed by atoms with Crippen molar-refractivity contribution in [2.45, 2.75) is 12.8 Å². The number of nitrogens with zero attached hydrogens (tertiary/aromatic N) is 2. The fraction of sp³-hybridized carbons (Fsp3) is 0.333. The number of amides is 1. The Balaban J connectivity index is 1.67. The van der Waals surface area contributed by atoms with E-state index < -0.39 is 0 Å². The van der Waals surface area contributed by atoms with E-state index in [1.807, 2.05) is 24.3 Å². The molecule has 1 fully saturated rings. The Morgan fingerprint density at radius 1 is 1.26 bits per heavy atom. The van der Waals surface area contributed by atoms with Crippen molar-refractivity contribution in [2.75, 3.05) is 13.1 Å². The molecule has 2 aromatic rings. The van der Waals surface area contributed by atoms with Gasteiger partial charge in [0.1, 0.15) is 5.56 Å². The summed E-state index contributed by atoms with van der Waals surface area (Å²) in [6.07, 6.45) is 3.54. The van der Waals surface area contributed by atoms with E-state index in [4.69, 9.17) is 11.6 Å². The van der Waals surface area contributed by atoms with Crippen LogP contribution >= 0.6 is 11.6 Å². The molecule has 1 amide bonds. The number of aryl methyl sites for hydroxylation is 1. The first kappa shape index (κ1) is 15.8. The van der Waals surface area contributed by atoms with Gasteiger partial charge >= 0.3 is 0 Å². The van der Waals surface area contributed by atoms with E-state index >= 15 is 0 Å². The molecule has 1 saturated heterocycles. The number of carbonyl (C=O) groups is 1. The maximum absolute atomic E-state index is 12.6. The lowest BCUT2D eigenvalue weighted by atomic mass is 9.99. The zero-order chi connectivity index (χ0) is 16.4. The maximum Gasteiger partial charge on any atom is 0.263 e. The van der Waals surface area contributed by atoms with Gasteiger partial charge in [-0.05, 0) is 48.6 Å². The van der Waals surface area contributed by atoms with E-state index in [2.05, 4.69) is 0 Å². The summed E-state index contributed by atoms with van der Waals surface area (Å²) >= 11 is 5.90. The van der Waals surface area contributed by atoms with Crippen LogP contribution in [0.25, 0.3) is 0 Å². The van der Waals surface area contributed by atoms with E-state index in [-0.39, 0.29) is 17.0 Å². The molecule has 5 heteroatoms. The molecule has 23 heavy (non-hydrogen) atoms. The van der Waals surface area contributed by atoms with Crippen LogP contribution in [0.5, 0.6) is 0 Å². The van der Waals surface area contributed by atoms with Crippen molar-refractivity contribution < 1.29 is 4.79 Å². The number of benzene rings is 1. The molecule has 0 saturated carbocycles. The van der Waals surface area contributed by atoms with Crippen LogP contribution in [0.1, 0.15) is 22.3 Å². The molecule has 0 bridgehead atoms. The van der Waals surface area contributed by atoms with E-state index in [0.717, 1.165) is 17.9 Å². The molecule has 1 unspecified atom stereocenters. The number of likely N-dealkylation sites (tertiary alicyclic amines) is 1. The van der Waals surface area contributed by atoms with Crippen LogP contribution in [-0.2, 0) is 13.5 Å². The molecule has 0 spiro atoms. The van der Waals surface area contributed by atoms with Crippen LogP contribution in [0.3, 0.4) is 0 Å². The Kier molecular flexibility index (Phi) is 4.53. The van der Waals surface area contributed by atoms with Crippen LogP contribution in [0.2, 0.25) is 5.02 Å². The molecular formula is C18H19ClN2O2. The molecule has 3 rings (SSSR count). The second-order valence-electron chi connectivity index (χ2n) is 6.07. The van der Waals surface area contributed by atoms with Gasteiger partial charge in [0.15, 0.2) is 0 Å². The number of carbonyl (C=O) groups excluding carboxylic acids is 1. The zero-order valence-corrected chi connectivity index (χ0v) is 13.8. The number of hydrogen-bond donors (Lipinski definition) is 0. The third-order valence-electron chi connectivity index (χ3n) is 4.36. The highest BCUT2D eigenvalue weighted by Crippen LogP contribution is 2.22. The highest BCUT2D eigenvalue weighted by atomic mass is 35.5. The summed E-state index contributed by atoms with van der Waals surface area (Å²) in [5.41, 5.74) is 1.24. The molecule has 0 N–H and O–H groups in total. The van der Waals surface area contributed by atoms with Gasteiger partial charge in [-0.1, -0.05) is 23.7 Å². The molecular weight excluding hydrogens is 312 g/mol. The van der Waals surface area contributed by atoms with Crippen LogP contribution in [0.4, 0.5) is 0 Å². The molecule has 0 aliphatic carbocycles. The number of aromatic nitrogens is 1. The topological polar surface area (TPSA) is 42.3 Å². The summed E-state index contributed by atoms with van der Waals surface area (Å²) in [7, 11) is 1.66. The Hall–Kier alpha value is -2.07. The standard InChI is InChI=1S/C18H19ClN2O2/c1-20-9-2-3-16(17(20)22)18(23)21-10-8-14(12-21)11-13-4-6-15(19)7-5-13/h2-7,9,14H,8,10-12H2,1H3. The highest BCUT2D eigenvalue weighted by molar-refractivity contribution is 6.30. The van der Waals surface area contributed by atoms with Crippen LogP contribution in [-0.4, -0.2) is 28.5 Å². The minimum absolute atomic E-state index is 0.162. The average molecular weight is 331 g/mol. The van der Waals surface area contributed by atoms with E-state index in [1.54, 1.807) is 30.3 Å². The fourth-order valence-corrected chi connectivity index (χ4v) is 3.19. The second kappa shape index (κ2) is 6.59. The van der Waals surface area contributed by atoms with E-state index in [0.29, 0.717) is 19.0 Å². The third kappa shape index (κ3) is 3.48. The van der Waals surface area contributed by atoms with Gasteiger partial charge in [-0.3, -0.25) is 9.59 Å². The summed E-state index contributed by atoms with van der Waals surface area (Å²) < 4.78 is 1.44. The van der Waals surface area contributed by atoms with Crippen molar-refractivity contribution in [2.24, 2.45) is 13.0 Å². The maximum atomic E-state index is 12.6. The molecule has 0 radical (unpaired) electrons. The summed E-state index contributed by atoms with van der Waals surface area (Å²) in [6, 6.07) is 11.2. The molecule has 4 nitrogen and oxygen atoms in total. The number of rotatable bonds is 3. The lowest BCUT2D eigenvalue weighted by molar-refractivity contribution is 0.0784. The summed E-state index contributed by atoms with van der Waals surface area (Å²) in [4.78, 5) is 26.4. The SMILES string of the molecule is Cn1cccc(C(=O)N2CCC(Cc3ccc(Cl)cc3)C2)c1=O. The summed E-state index contributed by atoms with van der Waals surface area (Å²) in [5.74, 6) is 0.262. The molecule has 1 aromatic heterocycles. The Morgan fingerprint density at radius 3 is 2.74 bits per heavy atom. The molecule has 1 aliphatic rings. The monoisotopic (exact) mass is 330 g/mol. The van der Waals surface area contributed by atoms with E-state index in [1.165, 1.54) is 10.1 Å². The van der Waals surface area contributed by atoms with Gasteiger partial charge in [0.05, 0.1) is 0 Å². The number of halogens is 1. The predicted molar refractivity (Wildman–Crippen MR) is 90.8 cm³/mol. The van der Waals surface area contributed by atoms with Crippen molar-refractivity contribution in [3.63, 3.8) is 0 Å². The quantitative estimate of drug-likeness (QED) is 0.868. The van der Waals surface area contributed by atoms with Gasteiger partial charge in [0.2, 0.25) is 0 Å². The Bertz CT molecular complexity index is 767. The van der Waals surface area contributed by atoms with Gasteiger partial charge < -0.3 is 9.47 Å². The highest BCUT2D eigenvalue weighted by Gasteiger charge is 2.28. The third-order valence-corrected chi connectivity index (χ3v) is 4.62. The first-order valence-corrected chi connectivity index (χ1v) is 8.12. The summed E-state index contributed by atoms with van der Waals surface area (Å²) in [6.45, 7) is 1.40. The van der Waals surface area contributed by atoms with Gasteiger partial charge in [-0.2, -0.15) is 0 Å². The first-order chi connectivity index (χ1) is 11.0. The van der Waals surface area contributed by atoms with Gasteiger partial charge in [-0.25, -0.2) is 0 Å². The molecule has 1 aliphatic heterocycles. The van der Waals surface area contributed by atoms with Crippen LogP contribution < -0.4 is 5.56 Å². The first-order valence-electron chi connectivity index (χ1n) is 7.74. The smallest absolute Gasteiger partial charge is 0.263 e. The normalized spacial score (nSPS) is 17.5. The molecule has 2 heterocycles. The van der Waals surface area contributed by atoms with Crippen molar-refractivity contribution in [1.82, 2.24) is 9.47 Å². The molecule has 1 atom stereocenters. The van der Waals surface area contributed by atoms with Crippen LogP contribution in [0, 0.1) is 5.92 Å². The van der Waals surface area contributed by atoms with Gasteiger partial charge in [0.25, 0.3) is 11.5 Å². The van der Waals surface area contributed by atoms with Crippen molar-refractivity contribution in [3.8, 4) is 0 Å². The van der Waals surface area contributed by atoms with Crippen molar-refractivity contribution in [3.05, 3.63) is 69.1 Å². The molecule has 120 valence electrons. The zero-order valence-electron chi connectivity index (χ0n) is 13.0. The lowest BCUT2D eigenvalue weighted by Gasteiger charge is -2.16. The predicted octanol–water partition coefficient (Wildman–Crippen LogP) is 2.74. The average Bonchev–Trinajstić information content (AvgIpc) is 3.00. The fourth-order valence-electron chi connectivity index (χ4n) is 3.07. The van der Waals surface area contributed by atoms with E-state index in [9.17, 15) is 9.59 Å². The molecule has 1 aromatic carbocycles. The summed E-state index contributed by atoms with van der Waals surface area (Å²) in [5, 5.41) is 0.733. The number of hydrogen-bond acceptors (Lipinski definition) is 2. The van der Waals surface area contributed by atoms with Crippen molar-refractivity contribution in [1.29, 1.82) is 0 Å². The minimum Gasteiger partial charge on any atom is -0.338 e. The Labute approximate surface area is 140 Å². The Morgan fingerprint density at radius 2 is 2.00 bits per heavy atom. The van der Waals surface area contributed by atoms with Crippen LogP contribution in [0.15, 0.2) is 47.4 Å². The largest absolute Gasteiger partial charge is 0.338 e. The second-order valence-corrected chi connectivity index (χ2v) is 6.51. The van der Waals surface area contributed by atoms with Gasteiger partial charge in [0, 0.05) is 31.4 Å². The minimum atomic E-state index is -0.237. The number of pyridine rings is 1.